The van der Waals surface area contributed by atoms with Crippen LogP contribution in [0.5, 0.6) is 0 Å². The van der Waals surface area contributed by atoms with Gasteiger partial charge in [0.05, 0.1) is 0 Å². The summed E-state index contributed by atoms with van der Waals surface area (Å²) in [4.78, 5) is 0. The summed E-state index contributed by atoms with van der Waals surface area (Å²) in [5.74, 6) is 3.33. The molecule has 12 heavy (non-hydrogen) atoms. The van der Waals surface area contributed by atoms with Crippen LogP contribution in [0.4, 0.5) is 0 Å². The zero-order chi connectivity index (χ0) is 8.39. The fraction of sp³-hybridized carbons (Fsp3) is 1.00. The summed E-state index contributed by atoms with van der Waals surface area (Å²) in [5, 5.41) is 0. The van der Waals surface area contributed by atoms with Gasteiger partial charge >= 0.3 is 0 Å². The maximum absolute atomic E-state index is 5.49. The van der Waals surface area contributed by atoms with Gasteiger partial charge in [0.2, 0.25) is 0 Å². The Kier molecular flexibility index (Phi) is 2.69. The summed E-state index contributed by atoms with van der Waals surface area (Å²) in [5.41, 5.74) is 5.49. The number of hydrogen-bond donors (Lipinski definition) is 1. The third kappa shape index (κ3) is 1.66. The van der Waals surface area contributed by atoms with Gasteiger partial charge in [-0.25, -0.2) is 0 Å². The normalized spacial score (nSPS) is 39.2. The molecule has 1 heteroatoms. The third-order valence-electron chi connectivity index (χ3n) is 3.91. The van der Waals surface area contributed by atoms with Crippen LogP contribution in [0.1, 0.15) is 44.9 Å². The Labute approximate surface area is 75.7 Å². The van der Waals surface area contributed by atoms with Crippen LogP contribution in [0.15, 0.2) is 0 Å². The molecule has 0 aromatic rings. The topological polar surface area (TPSA) is 26.0 Å². The Balaban J connectivity index is 1.69. The van der Waals surface area contributed by atoms with Gasteiger partial charge in [0.15, 0.2) is 0 Å². The minimum atomic E-state index is 0.890. The first-order valence-electron chi connectivity index (χ1n) is 5.60. The number of fused-ring (bicyclic) bond motifs is 2. The molecular formula is C11H21N. The van der Waals surface area contributed by atoms with E-state index in [1.54, 1.807) is 12.8 Å². The van der Waals surface area contributed by atoms with Crippen molar-refractivity contribution >= 4 is 0 Å². The van der Waals surface area contributed by atoms with Crippen LogP contribution >= 0.6 is 0 Å². The Morgan fingerprint density at radius 3 is 2.58 bits per heavy atom. The lowest BCUT2D eigenvalue weighted by atomic mass is 9.85. The number of unbranched alkanes of at least 4 members (excludes halogenated alkanes) is 1. The molecule has 0 spiro atoms. The summed E-state index contributed by atoms with van der Waals surface area (Å²) in [6.45, 7) is 0.890. The van der Waals surface area contributed by atoms with E-state index >= 15 is 0 Å². The van der Waals surface area contributed by atoms with Gasteiger partial charge < -0.3 is 5.73 Å². The number of rotatable bonds is 4. The molecule has 2 fully saturated rings. The highest BCUT2D eigenvalue weighted by Crippen LogP contribution is 2.49. The summed E-state index contributed by atoms with van der Waals surface area (Å²) < 4.78 is 0. The van der Waals surface area contributed by atoms with Crippen molar-refractivity contribution < 1.29 is 0 Å². The van der Waals surface area contributed by atoms with Gasteiger partial charge in [-0.1, -0.05) is 19.3 Å². The molecule has 3 atom stereocenters. The van der Waals surface area contributed by atoms with E-state index in [0.29, 0.717) is 0 Å². The van der Waals surface area contributed by atoms with Gasteiger partial charge in [0.1, 0.15) is 0 Å². The van der Waals surface area contributed by atoms with E-state index in [1.807, 2.05) is 0 Å². The van der Waals surface area contributed by atoms with Crippen LogP contribution in [0, 0.1) is 17.8 Å². The lowest BCUT2D eigenvalue weighted by Crippen LogP contribution is -2.10. The molecule has 2 rings (SSSR count). The van der Waals surface area contributed by atoms with Gasteiger partial charge in [0, 0.05) is 0 Å². The van der Waals surface area contributed by atoms with Crippen LogP contribution in [0.25, 0.3) is 0 Å². The van der Waals surface area contributed by atoms with E-state index in [0.717, 1.165) is 24.3 Å². The molecule has 2 aliphatic rings. The van der Waals surface area contributed by atoms with Gasteiger partial charge in [-0.2, -0.15) is 0 Å². The molecule has 0 aromatic heterocycles. The van der Waals surface area contributed by atoms with Crippen molar-refractivity contribution in [3.8, 4) is 0 Å². The maximum atomic E-state index is 5.49. The lowest BCUT2D eigenvalue weighted by molar-refractivity contribution is 0.306. The molecule has 70 valence electrons. The minimum absolute atomic E-state index is 0.890. The summed E-state index contributed by atoms with van der Waals surface area (Å²) >= 11 is 0. The molecule has 2 bridgehead atoms. The van der Waals surface area contributed by atoms with E-state index < -0.39 is 0 Å². The molecule has 0 aliphatic heterocycles. The smallest absolute Gasteiger partial charge is 0.00773 e. The number of nitrogens with two attached hydrogens (primary N) is 1. The van der Waals surface area contributed by atoms with E-state index in [1.165, 1.54) is 32.1 Å². The lowest BCUT2D eigenvalue weighted by Gasteiger charge is -2.21. The Bertz CT molecular complexity index is 144. The summed E-state index contributed by atoms with van der Waals surface area (Å²) in [7, 11) is 0. The molecule has 0 unspecified atom stereocenters. The average molecular weight is 167 g/mol. The second-order valence-electron chi connectivity index (χ2n) is 4.72. The zero-order valence-corrected chi connectivity index (χ0v) is 7.97. The molecular weight excluding hydrogens is 146 g/mol. The van der Waals surface area contributed by atoms with Crippen LogP contribution in [0.2, 0.25) is 0 Å². The monoisotopic (exact) mass is 167 g/mol. The fourth-order valence-electron chi connectivity index (χ4n) is 3.28. The highest BCUT2D eigenvalue weighted by atomic mass is 14.5. The molecule has 0 heterocycles. The average Bonchev–Trinajstić information content (AvgIpc) is 2.65. The van der Waals surface area contributed by atoms with Crippen molar-refractivity contribution in [2.45, 2.75) is 44.9 Å². The zero-order valence-electron chi connectivity index (χ0n) is 7.97. The molecule has 2 N–H and O–H groups in total. The molecule has 0 saturated heterocycles. The van der Waals surface area contributed by atoms with Crippen LogP contribution < -0.4 is 5.73 Å². The standard InChI is InChI=1S/C11H21N/c12-6-2-1-3-10-7-9-4-5-11(10)8-9/h9-11H,1-8,12H2/t9-,10-,11+/m1/s1. The number of hydrogen-bond acceptors (Lipinski definition) is 1. The van der Waals surface area contributed by atoms with Gasteiger partial charge in [-0.15, -0.1) is 0 Å². The Morgan fingerprint density at radius 2 is 2.00 bits per heavy atom. The third-order valence-corrected chi connectivity index (χ3v) is 3.91. The first-order chi connectivity index (χ1) is 5.90. The van der Waals surface area contributed by atoms with Crippen molar-refractivity contribution in [2.75, 3.05) is 6.54 Å². The second kappa shape index (κ2) is 3.78. The molecule has 0 aromatic carbocycles. The van der Waals surface area contributed by atoms with E-state index in [2.05, 4.69) is 0 Å². The van der Waals surface area contributed by atoms with Crippen LogP contribution in [0.3, 0.4) is 0 Å². The van der Waals surface area contributed by atoms with E-state index in [-0.39, 0.29) is 0 Å². The first kappa shape index (κ1) is 8.55. The predicted octanol–water partition coefficient (Wildman–Crippen LogP) is 2.55. The van der Waals surface area contributed by atoms with Crippen molar-refractivity contribution in [2.24, 2.45) is 23.5 Å². The highest BCUT2D eigenvalue weighted by molar-refractivity contribution is 4.89. The SMILES string of the molecule is NCCCC[C@@H]1C[C@H]2CC[C@H]1C2. The molecule has 2 saturated carbocycles. The summed E-state index contributed by atoms with van der Waals surface area (Å²) in [6.07, 6.45) is 10.3. The molecule has 1 nitrogen and oxygen atoms in total. The molecule has 2 aliphatic carbocycles. The van der Waals surface area contributed by atoms with E-state index in [9.17, 15) is 0 Å². The predicted molar refractivity (Wildman–Crippen MR) is 51.8 cm³/mol. The van der Waals surface area contributed by atoms with Gasteiger partial charge in [-0.05, 0) is 50.0 Å². The largest absolute Gasteiger partial charge is 0.330 e. The first-order valence-corrected chi connectivity index (χ1v) is 5.60. The van der Waals surface area contributed by atoms with Crippen LogP contribution in [-0.4, -0.2) is 6.54 Å². The van der Waals surface area contributed by atoms with Crippen molar-refractivity contribution in [1.82, 2.24) is 0 Å². The van der Waals surface area contributed by atoms with Crippen LogP contribution in [-0.2, 0) is 0 Å². The van der Waals surface area contributed by atoms with Gasteiger partial charge in [-0.3, -0.25) is 0 Å². The second-order valence-corrected chi connectivity index (χ2v) is 4.72. The molecule has 0 radical (unpaired) electrons. The fourth-order valence-corrected chi connectivity index (χ4v) is 3.28. The Hall–Kier alpha value is -0.0400. The van der Waals surface area contributed by atoms with Gasteiger partial charge in [0.25, 0.3) is 0 Å². The van der Waals surface area contributed by atoms with Crippen molar-refractivity contribution in [3.05, 3.63) is 0 Å². The maximum Gasteiger partial charge on any atom is -0.00773 e. The molecule has 0 amide bonds. The quantitative estimate of drug-likeness (QED) is 0.640. The minimum Gasteiger partial charge on any atom is -0.330 e. The highest BCUT2D eigenvalue weighted by Gasteiger charge is 2.38. The Morgan fingerprint density at radius 1 is 1.08 bits per heavy atom. The van der Waals surface area contributed by atoms with Crippen molar-refractivity contribution in [3.63, 3.8) is 0 Å². The van der Waals surface area contributed by atoms with Crippen molar-refractivity contribution in [1.29, 1.82) is 0 Å². The van der Waals surface area contributed by atoms with E-state index in [4.69, 9.17) is 5.73 Å². The summed E-state index contributed by atoms with van der Waals surface area (Å²) in [6, 6.07) is 0.